The number of ether oxygens (including phenoxy) is 1. The van der Waals surface area contributed by atoms with Gasteiger partial charge < -0.3 is 4.74 Å². The van der Waals surface area contributed by atoms with Crippen LogP contribution in [0.4, 0.5) is 0 Å². The molecule has 0 aliphatic heterocycles. The molecule has 0 saturated heterocycles. The molecule has 144 valence electrons. The van der Waals surface area contributed by atoms with Gasteiger partial charge in [0, 0.05) is 17.0 Å². The molecule has 0 aliphatic carbocycles. The van der Waals surface area contributed by atoms with Crippen LogP contribution in [0.5, 0.6) is 0 Å². The number of hydrogen-bond donors (Lipinski definition) is 1. The standard InChI is InChI=1S/C20H22ClNO4S/c1-2-26-20(23)15-18-5-3-16(4-6-18)11-13-22-27(24,25)14-12-17-7-9-19(21)10-8-17/h3-10,12,14,22H,2,11,13,15H2,1H3. The van der Waals surface area contributed by atoms with E-state index >= 15 is 0 Å². The van der Waals surface area contributed by atoms with E-state index in [0.29, 0.717) is 18.1 Å². The Balaban J connectivity index is 1.82. The summed E-state index contributed by atoms with van der Waals surface area (Å²) in [6.45, 7) is 2.42. The monoisotopic (exact) mass is 407 g/mol. The van der Waals surface area contributed by atoms with Gasteiger partial charge in [0.05, 0.1) is 13.0 Å². The van der Waals surface area contributed by atoms with E-state index < -0.39 is 10.0 Å². The highest BCUT2D eigenvalue weighted by Gasteiger charge is 2.06. The summed E-state index contributed by atoms with van der Waals surface area (Å²) in [5.41, 5.74) is 2.60. The van der Waals surface area contributed by atoms with Crippen molar-refractivity contribution in [3.8, 4) is 0 Å². The van der Waals surface area contributed by atoms with Crippen molar-refractivity contribution in [3.05, 3.63) is 75.7 Å². The summed E-state index contributed by atoms with van der Waals surface area (Å²) in [5.74, 6) is -0.259. The first-order valence-electron chi connectivity index (χ1n) is 8.55. The van der Waals surface area contributed by atoms with E-state index in [-0.39, 0.29) is 18.9 Å². The molecule has 0 fully saturated rings. The van der Waals surface area contributed by atoms with Crippen molar-refractivity contribution in [3.63, 3.8) is 0 Å². The number of carbonyl (C=O) groups excluding carboxylic acids is 1. The quantitative estimate of drug-likeness (QED) is 0.645. The molecule has 2 aromatic carbocycles. The fourth-order valence-corrected chi connectivity index (χ4v) is 3.28. The Morgan fingerprint density at radius 3 is 2.33 bits per heavy atom. The normalized spacial score (nSPS) is 11.6. The maximum atomic E-state index is 12.0. The van der Waals surface area contributed by atoms with Gasteiger partial charge in [-0.3, -0.25) is 4.79 Å². The predicted molar refractivity (Wildman–Crippen MR) is 108 cm³/mol. The van der Waals surface area contributed by atoms with Gasteiger partial charge in [-0.1, -0.05) is 48.0 Å². The summed E-state index contributed by atoms with van der Waals surface area (Å²) in [6, 6.07) is 14.3. The smallest absolute Gasteiger partial charge is 0.310 e. The molecule has 0 atom stereocenters. The topological polar surface area (TPSA) is 72.5 Å². The molecule has 27 heavy (non-hydrogen) atoms. The summed E-state index contributed by atoms with van der Waals surface area (Å²) in [6.07, 6.45) is 2.30. The van der Waals surface area contributed by atoms with Crippen molar-refractivity contribution in [1.82, 2.24) is 4.72 Å². The Labute approximate surface area is 165 Å². The Hall–Kier alpha value is -2.15. The number of sulfonamides is 1. The minimum Gasteiger partial charge on any atom is -0.466 e. The minimum absolute atomic E-state index is 0.232. The zero-order chi connectivity index (χ0) is 19.7. The van der Waals surface area contributed by atoms with Crippen LogP contribution in [0.15, 0.2) is 53.9 Å². The van der Waals surface area contributed by atoms with Crippen molar-refractivity contribution >= 4 is 33.7 Å². The van der Waals surface area contributed by atoms with Gasteiger partial charge in [-0.15, -0.1) is 0 Å². The van der Waals surface area contributed by atoms with Crippen molar-refractivity contribution in [2.45, 2.75) is 19.8 Å². The lowest BCUT2D eigenvalue weighted by Crippen LogP contribution is -2.23. The van der Waals surface area contributed by atoms with Crippen molar-refractivity contribution in [2.24, 2.45) is 0 Å². The van der Waals surface area contributed by atoms with Gasteiger partial charge in [0.25, 0.3) is 0 Å². The van der Waals surface area contributed by atoms with Crippen LogP contribution in [0, 0.1) is 0 Å². The SMILES string of the molecule is CCOC(=O)Cc1ccc(CCNS(=O)(=O)C=Cc2ccc(Cl)cc2)cc1. The lowest BCUT2D eigenvalue weighted by Gasteiger charge is -2.05. The third kappa shape index (κ3) is 7.95. The molecular weight excluding hydrogens is 386 g/mol. The van der Waals surface area contributed by atoms with Crippen LogP contribution < -0.4 is 4.72 Å². The third-order valence-corrected chi connectivity index (χ3v) is 5.06. The molecule has 1 N–H and O–H groups in total. The molecule has 0 aliphatic rings. The number of halogens is 1. The summed E-state index contributed by atoms with van der Waals surface area (Å²) in [7, 11) is -3.52. The Morgan fingerprint density at radius 1 is 1.07 bits per heavy atom. The number of benzene rings is 2. The van der Waals surface area contributed by atoms with E-state index in [9.17, 15) is 13.2 Å². The van der Waals surface area contributed by atoms with Gasteiger partial charge in [-0.25, -0.2) is 13.1 Å². The maximum absolute atomic E-state index is 12.0. The van der Waals surface area contributed by atoms with Crippen LogP contribution in [0.25, 0.3) is 6.08 Å². The van der Waals surface area contributed by atoms with Crippen molar-refractivity contribution < 1.29 is 17.9 Å². The first kappa shape index (κ1) is 21.2. The molecule has 2 aromatic rings. The predicted octanol–water partition coefficient (Wildman–Crippen LogP) is 3.58. The first-order chi connectivity index (χ1) is 12.9. The van der Waals surface area contributed by atoms with Gasteiger partial charge in [0.1, 0.15) is 0 Å². The summed E-state index contributed by atoms with van der Waals surface area (Å²) < 4.78 is 31.5. The summed E-state index contributed by atoms with van der Waals surface area (Å²) in [5, 5.41) is 1.74. The number of carbonyl (C=O) groups is 1. The molecule has 0 spiro atoms. The number of rotatable bonds is 9. The van der Waals surface area contributed by atoms with E-state index in [1.165, 1.54) is 6.08 Å². The van der Waals surface area contributed by atoms with Crippen LogP contribution in [-0.2, 0) is 32.4 Å². The molecule has 0 heterocycles. The van der Waals surface area contributed by atoms with Gasteiger partial charge in [0.2, 0.25) is 10.0 Å². The van der Waals surface area contributed by atoms with E-state index in [0.717, 1.165) is 22.1 Å². The Morgan fingerprint density at radius 2 is 1.70 bits per heavy atom. The van der Waals surface area contributed by atoms with Crippen LogP contribution >= 0.6 is 11.6 Å². The van der Waals surface area contributed by atoms with E-state index in [2.05, 4.69) is 4.72 Å². The number of hydrogen-bond acceptors (Lipinski definition) is 4. The maximum Gasteiger partial charge on any atom is 0.310 e. The highest BCUT2D eigenvalue weighted by molar-refractivity contribution is 7.92. The average molecular weight is 408 g/mol. The molecule has 0 radical (unpaired) electrons. The molecule has 0 unspecified atom stereocenters. The zero-order valence-electron chi connectivity index (χ0n) is 15.0. The lowest BCUT2D eigenvalue weighted by atomic mass is 10.1. The largest absolute Gasteiger partial charge is 0.466 e. The van der Waals surface area contributed by atoms with E-state index in [4.69, 9.17) is 16.3 Å². The van der Waals surface area contributed by atoms with Gasteiger partial charge in [-0.2, -0.15) is 0 Å². The van der Waals surface area contributed by atoms with E-state index in [1.807, 2.05) is 24.3 Å². The van der Waals surface area contributed by atoms with Crippen LogP contribution in [0.1, 0.15) is 23.6 Å². The molecule has 0 amide bonds. The molecule has 0 bridgehead atoms. The summed E-state index contributed by atoms with van der Waals surface area (Å²) in [4.78, 5) is 11.4. The van der Waals surface area contributed by atoms with E-state index in [1.54, 1.807) is 31.2 Å². The third-order valence-electron chi connectivity index (χ3n) is 3.70. The first-order valence-corrected chi connectivity index (χ1v) is 10.5. The van der Waals surface area contributed by atoms with Crippen molar-refractivity contribution in [1.29, 1.82) is 0 Å². The minimum atomic E-state index is -3.52. The fourth-order valence-electron chi connectivity index (χ4n) is 2.33. The Bertz CT molecular complexity index is 875. The second-order valence-electron chi connectivity index (χ2n) is 5.84. The van der Waals surface area contributed by atoms with Crippen LogP contribution in [0.3, 0.4) is 0 Å². The second-order valence-corrected chi connectivity index (χ2v) is 7.93. The molecule has 0 aromatic heterocycles. The Kier molecular flexibility index (Phi) is 8.03. The summed E-state index contributed by atoms with van der Waals surface area (Å²) >= 11 is 5.80. The molecule has 2 rings (SSSR count). The number of esters is 1. The van der Waals surface area contributed by atoms with Gasteiger partial charge in [-0.05, 0) is 48.2 Å². The lowest BCUT2D eigenvalue weighted by molar-refractivity contribution is -0.142. The fraction of sp³-hybridized carbons (Fsp3) is 0.250. The molecule has 0 saturated carbocycles. The molecular formula is C20H22ClNO4S. The van der Waals surface area contributed by atoms with Gasteiger partial charge >= 0.3 is 5.97 Å². The zero-order valence-corrected chi connectivity index (χ0v) is 16.6. The second kappa shape index (κ2) is 10.3. The average Bonchev–Trinajstić information content (AvgIpc) is 2.63. The highest BCUT2D eigenvalue weighted by Crippen LogP contribution is 2.11. The molecule has 7 heteroatoms. The number of nitrogens with one attached hydrogen (secondary N) is 1. The van der Waals surface area contributed by atoms with Crippen molar-refractivity contribution in [2.75, 3.05) is 13.2 Å². The van der Waals surface area contributed by atoms with Crippen LogP contribution in [-0.4, -0.2) is 27.5 Å². The highest BCUT2D eigenvalue weighted by atomic mass is 35.5. The van der Waals surface area contributed by atoms with Gasteiger partial charge in [0.15, 0.2) is 0 Å². The van der Waals surface area contributed by atoms with Crippen LogP contribution in [0.2, 0.25) is 5.02 Å². The molecule has 5 nitrogen and oxygen atoms in total.